The van der Waals surface area contributed by atoms with Gasteiger partial charge in [-0.15, -0.1) is 0 Å². The fourth-order valence-corrected chi connectivity index (χ4v) is 7.04. The summed E-state index contributed by atoms with van der Waals surface area (Å²) in [6, 6.07) is 10.9. The second kappa shape index (κ2) is 37.6. The minimum Gasteiger partial charge on any atom is -0.481 e. The number of Topliss-reactive ketones (excluding diaryl/α,β-unsaturated/α-hetero) is 2. The van der Waals surface area contributed by atoms with Gasteiger partial charge in [0.25, 0.3) is 0 Å². The average molecular weight is 1060 g/mol. The highest BCUT2D eigenvalue weighted by Gasteiger charge is 2.31. The van der Waals surface area contributed by atoms with Crippen LogP contribution in [0.3, 0.4) is 0 Å². The van der Waals surface area contributed by atoms with Crippen LogP contribution in [0.15, 0.2) is 48.5 Å². The number of anilines is 2. The topological polar surface area (TPSA) is 376 Å². The van der Waals surface area contributed by atoms with E-state index in [1.807, 2.05) is 13.8 Å². The molecule has 0 aliphatic rings. The van der Waals surface area contributed by atoms with E-state index >= 15 is 0 Å². The lowest BCUT2D eigenvalue weighted by molar-refractivity contribution is -0.144. The van der Waals surface area contributed by atoms with E-state index in [4.69, 9.17) is 22.3 Å². The van der Waals surface area contributed by atoms with Gasteiger partial charge in [-0.25, -0.2) is 9.59 Å². The molecule has 0 spiro atoms. The normalized spacial score (nSPS) is 12.2. The number of carbonyl (C=O) groups excluding carboxylic acids is 9. The van der Waals surface area contributed by atoms with Gasteiger partial charge in [-0.3, -0.25) is 38.4 Å². The highest BCUT2D eigenvalue weighted by Crippen LogP contribution is 2.20. The standard InChI is InChI=1S/C26H41N5O6.C19H34N4O6.C7H9NO/c1-17(2)24(30-22(34)8-5-9-23(35)31(3)4)21(33)15-19(7-6-14-28-26(27)37)25(36)29-20-12-10-18(16-32)11-13-20;1-12(2)17(22-15(25)8-5-9-16(26)23(3)4)14(24)11-13(18(27)28)7-6-10-21-19(20)29;8-7-3-1-6(5-9)2-4-7/h10-13,17,19,24,32H,5-9,14-16H2,1-4H3,(H,29,36)(H,30,34)(H3,27,28,37);12-13,17H,5-11H2,1-4H3,(H,22,25)(H,27,28)(H3,20,21,29);1-4,9H,5,8H2/t19-,24+;13-,17+;/m11./s1. The maximum atomic E-state index is 13.2. The molecular formula is C52H84N10O13. The summed E-state index contributed by atoms with van der Waals surface area (Å²) < 4.78 is 0. The third-order valence-electron chi connectivity index (χ3n) is 11.5. The Morgan fingerprint density at radius 3 is 1.27 bits per heavy atom. The van der Waals surface area contributed by atoms with Gasteiger partial charge in [0.05, 0.1) is 31.2 Å². The first-order valence-electron chi connectivity index (χ1n) is 25.0. The van der Waals surface area contributed by atoms with Gasteiger partial charge < -0.3 is 68.9 Å². The summed E-state index contributed by atoms with van der Waals surface area (Å²) in [5, 5.41) is 40.2. The Labute approximate surface area is 440 Å². The van der Waals surface area contributed by atoms with Gasteiger partial charge in [-0.05, 0) is 85.8 Å². The second-order valence-electron chi connectivity index (χ2n) is 19.0. The molecule has 2 aromatic rings. The van der Waals surface area contributed by atoms with E-state index in [9.17, 15) is 58.2 Å². The van der Waals surface area contributed by atoms with Gasteiger partial charge in [0.2, 0.25) is 29.5 Å². The van der Waals surface area contributed by atoms with E-state index < -0.39 is 42.0 Å². The lowest BCUT2D eigenvalue weighted by Crippen LogP contribution is -2.45. The Hall–Kier alpha value is -7.14. The minimum absolute atomic E-state index is 0.0741. The molecule has 0 aliphatic carbocycles. The number of urea groups is 2. The zero-order chi connectivity index (χ0) is 57.2. The molecule has 2 aromatic carbocycles. The molecule has 0 aromatic heterocycles. The summed E-state index contributed by atoms with van der Waals surface area (Å²) in [4.78, 5) is 123. The first kappa shape index (κ1) is 67.9. The molecule has 0 unspecified atom stereocenters. The Morgan fingerprint density at radius 1 is 0.547 bits per heavy atom. The summed E-state index contributed by atoms with van der Waals surface area (Å²) >= 11 is 0. The molecule has 0 heterocycles. The van der Waals surface area contributed by atoms with E-state index in [0.717, 1.165) is 11.3 Å². The van der Waals surface area contributed by atoms with E-state index in [0.29, 0.717) is 43.4 Å². The fraction of sp³-hybridized carbons (Fsp3) is 0.577. The first-order chi connectivity index (χ1) is 35.2. The molecule has 75 heavy (non-hydrogen) atoms. The van der Waals surface area contributed by atoms with Crippen LogP contribution < -0.4 is 43.8 Å². The van der Waals surface area contributed by atoms with Crippen molar-refractivity contribution in [1.29, 1.82) is 0 Å². The van der Waals surface area contributed by atoms with Crippen LogP contribution in [-0.4, -0.2) is 138 Å². The molecule has 9 amide bonds. The number of benzene rings is 2. The van der Waals surface area contributed by atoms with Crippen LogP contribution in [0.5, 0.6) is 0 Å². The lowest BCUT2D eigenvalue weighted by Gasteiger charge is -2.24. The van der Waals surface area contributed by atoms with Crippen LogP contribution in [0.2, 0.25) is 0 Å². The van der Waals surface area contributed by atoms with Gasteiger partial charge >= 0.3 is 18.0 Å². The Bertz CT molecular complexity index is 2120. The Kier molecular flexibility index (Phi) is 34.0. The van der Waals surface area contributed by atoms with Crippen LogP contribution in [0.25, 0.3) is 0 Å². The predicted octanol–water partition coefficient (Wildman–Crippen LogP) is 2.80. The third-order valence-corrected chi connectivity index (χ3v) is 11.5. The van der Waals surface area contributed by atoms with Gasteiger partial charge in [-0.2, -0.15) is 0 Å². The number of nitrogens with zero attached hydrogens (tertiary/aromatic N) is 2. The van der Waals surface area contributed by atoms with Crippen molar-refractivity contribution in [2.45, 2.75) is 130 Å². The number of nitrogens with one attached hydrogen (secondary N) is 5. The molecular weight excluding hydrogens is 973 g/mol. The number of carbonyl (C=O) groups is 10. The molecule has 23 heteroatoms. The van der Waals surface area contributed by atoms with Crippen molar-refractivity contribution in [1.82, 2.24) is 31.1 Å². The number of hydrogen-bond donors (Lipinski definition) is 11. The maximum Gasteiger partial charge on any atom is 0.312 e. The average Bonchev–Trinajstić information content (AvgIpc) is 3.34. The number of carboxylic acid groups (broad SMARTS) is 1. The van der Waals surface area contributed by atoms with E-state index in [-0.39, 0.29) is 124 Å². The lowest BCUT2D eigenvalue weighted by atomic mass is 9.89. The zero-order valence-corrected chi connectivity index (χ0v) is 44.9. The summed E-state index contributed by atoms with van der Waals surface area (Å²) in [7, 11) is 6.57. The Balaban J connectivity index is 0.00000127. The number of aliphatic hydroxyl groups excluding tert-OH is 2. The fourth-order valence-electron chi connectivity index (χ4n) is 7.04. The van der Waals surface area contributed by atoms with Crippen molar-refractivity contribution >= 4 is 70.5 Å². The Morgan fingerprint density at radius 2 is 0.920 bits per heavy atom. The summed E-state index contributed by atoms with van der Waals surface area (Å²) in [5.74, 6) is -4.93. The molecule has 0 fully saturated rings. The number of carboxylic acids is 1. The zero-order valence-electron chi connectivity index (χ0n) is 44.9. The second-order valence-corrected chi connectivity index (χ2v) is 19.0. The maximum absolute atomic E-state index is 13.2. The van der Waals surface area contributed by atoms with Crippen LogP contribution in [0.1, 0.15) is 116 Å². The molecule has 0 saturated heterocycles. The number of primary amides is 2. The first-order valence-corrected chi connectivity index (χ1v) is 25.0. The summed E-state index contributed by atoms with van der Waals surface area (Å²) in [6.45, 7) is 7.61. The molecule has 420 valence electrons. The number of aliphatic carboxylic acids is 1. The molecule has 2 rings (SSSR count). The van der Waals surface area contributed by atoms with E-state index in [1.165, 1.54) is 9.80 Å². The number of hydrogen-bond acceptors (Lipinski definition) is 13. The van der Waals surface area contributed by atoms with Crippen molar-refractivity contribution in [3.8, 4) is 0 Å². The number of rotatable bonds is 31. The molecule has 0 aliphatic heterocycles. The summed E-state index contributed by atoms with van der Waals surface area (Å²) in [6.07, 6.45) is 2.43. The SMILES string of the molecule is CC(C)[C@H](NC(=O)CCCC(=O)N(C)C)C(=O)C[C@@H](CCCNC(N)=O)C(=O)Nc1ccc(CO)cc1.CC(C)[C@H](NC(=O)CCCC(=O)N(C)C)C(=O)C[C@@H](CCCNC(N)=O)C(=O)O.Nc1ccc(CO)cc1. The molecule has 4 atom stereocenters. The highest BCUT2D eigenvalue weighted by atomic mass is 16.4. The summed E-state index contributed by atoms with van der Waals surface area (Å²) in [5.41, 5.74) is 18.3. The van der Waals surface area contributed by atoms with E-state index in [2.05, 4.69) is 26.6 Å². The number of ketones is 2. The van der Waals surface area contributed by atoms with Gasteiger partial charge in [0.1, 0.15) is 0 Å². The quantitative estimate of drug-likeness (QED) is 0.0382. The van der Waals surface area contributed by atoms with Crippen molar-refractivity contribution in [3.05, 3.63) is 59.7 Å². The molecule has 0 bridgehead atoms. The molecule has 0 radical (unpaired) electrons. The molecule has 23 nitrogen and oxygen atoms in total. The van der Waals surface area contributed by atoms with Crippen molar-refractivity contribution in [2.75, 3.05) is 52.3 Å². The number of amides is 9. The highest BCUT2D eigenvalue weighted by molar-refractivity contribution is 5.97. The van der Waals surface area contributed by atoms with Crippen LogP contribution in [0, 0.1) is 23.7 Å². The largest absolute Gasteiger partial charge is 0.481 e. The van der Waals surface area contributed by atoms with Gasteiger partial charge in [0.15, 0.2) is 11.6 Å². The number of aliphatic hydroxyl groups is 2. The smallest absolute Gasteiger partial charge is 0.312 e. The predicted molar refractivity (Wildman–Crippen MR) is 284 cm³/mol. The molecule has 14 N–H and O–H groups in total. The van der Waals surface area contributed by atoms with Crippen LogP contribution in [-0.2, 0) is 51.6 Å². The van der Waals surface area contributed by atoms with Crippen molar-refractivity contribution < 1.29 is 63.3 Å². The van der Waals surface area contributed by atoms with E-state index in [1.54, 1.807) is 90.6 Å². The number of nitrogens with two attached hydrogens (primary N) is 3. The molecule has 0 saturated carbocycles. The minimum atomic E-state index is -1.10. The monoisotopic (exact) mass is 1060 g/mol. The van der Waals surface area contributed by atoms with Crippen LogP contribution >= 0.6 is 0 Å². The van der Waals surface area contributed by atoms with Crippen molar-refractivity contribution in [3.63, 3.8) is 0 Å². The van der Waals surface area contributed by atoms with Crippen LogP contribution in [0.4, 0.5) is 21.0 Å². The van der Waals surface area contributed by atoms with Gasteiger partial charge in [-0.1, -0.05) is 52.0 Å². The van der Waals surface area contributed by atoms with Gasteiger partial charge in [0, 0.05) is 97.1 Å². The number of nitrogen functional groups attached to an aromatic ring is 1. The van der Waals surface area contributed by atoms with Crippen molar-refractivity contribution in [2.24, 2.45) is 35.1 Å². The third kappa shape index (κ3) is 31.3.